The smallest absolute Gasteiger partial charge is 0.243 e. The van der Waals surface area contributed by atoms with Gasteiger partial charge in [0.25, 0.3) is 0 Å². The van der Waals surface area contributed by atoms with Crippen LogP contribution in [0.15, 0.2) is 53.4 Å². The summed E-state index contributed by atoms with van der Waals surface area (Å²) in [6.45, 7) is 2.38. The zero-order valence-electron chi connectivity index (χ0n) is 17.3. The molecular weight excluding hydrogens is 386 g/mol. The van der Waals surface area contributed by atoms with Crippen LogP contribution in [0, 0.1) is 6.92 Å². The van der Waals surface area contributed by atoms with Crippen LogP contribution in [0.4, 0.5) is 11.4 Å². The minimum Gasteiger partial charge on any atom is -0.378 e. The third-order valence-electron chi connectivity index (χ3n) is 5.29. The van der Waals surface area contributed by atoms with Crippen LogP contribution in [0.25, 0.3) is 0 Å². The van der Waals surface area contributed by atoms with Gasteiger partial charge in [-0.3, -0.25) is 4.79 Å². The van der Waals surface area contributed by atoms with E-state index in [0.29, 0.717) is 18.7 Å². The fourth-order valence-corrected chi connectivity index (χ4v) is 5.30. The fourth-order valence-electron chi connectivity index (χ4n) is 3.61. The van der Waals surface area contributed by atoms with Crippen LogP contribution in [-0.4, -0.2) is 45.3 Å². The highest BCUT2D eigenvalue weighted by atomic mass is 32.2. The Hall–Kier alpha value is -2.38. The Morgan fingerprint density at radius 3 is 2.34 bits per heavy atom. The van der Waals surface area contributed by atoms with E-state index in [0.717, 1.165) is 24.1 Å². The van der Waals surface area contributed by atoms with Gasteiger partial charge in [0, 0.05) is 44.5 Å². The van der Waals surface area contributed by atoms with Crippen LogP contribution in [0.3, 0.4) is 0 Å². The van der Waals surface area contributed by atoms with Crippen molar-refractivity contribution in [3.63, 3.8) is 0 Å². The molecule has 0 radical (unpaired) electrons. The van der Waals surface area contributed by atoms with Crippen molar-refractivity contribution >= 4 is 27.3 Å². The molecule has 0 aliphatic carbocycles. The molecule has 1 aliphatic rings. The summed E-state index contributed by atoms with van der Waals surface area (Å²) in [7, 11) is 0.302. The van der Waals surface area contributed by atoms with Gasteiger partial charge < -0.3 is 10.2 Å². The average Bonchev–Trinajstić information content (AvgIpc) is 2.69. The van der Waals surface area contributed by atoms with Crippen LogP contribution in [0.1, 0.15) is 31.2 Å². The molecule has 2 aromatic carbocycles. The lowest BCUT2D eigenvalue weighted by Gasteiger charge is -2.34. The number of nitrogens with zero attached hydrogens (tertiary/aromatic N) is 2. The van der Waals surface area contributed by atoms with E-state index in [2.05, 4.69) is 5.32 Å². The van der Waals surface area contributed by atoms with E-state index in [1.807, 2.05) is 50.2 Å². The van der Waals surface area contributed by atoms with Gasteiger partial charge in [-0.05, 0) is 56.2 Å². The first-order valence-corrected chi connectivity index (χ1v) is 11.4. The number of benzene rings is 2. The SMILES string of the molecule is Cc1ccc(S(=O)(=O)N2CCCC[C@H]2CC(=O)Nc2ccc(N(C)C)cc2)cc1. The largest absolute Gasteiger partial charge is 0.378 e. The Bertz CT molecular complexity index is 938. The van der Waals surface area contributed by atoms with Crippen molar-refractivity contribution < 1.29 is 13.2 Å². The van der Waals surface area contributed by atoms with Crippen LogP contribution >= 0.6 is 0 Å². The van der Waals surface area contributed by atoms with E-state index in [1.54, 1.807) is 24.3 Å². The maximum absolute atomic E-state index is 13.1. The normalized spacial score (nSPS) is 17.7. The second kappa shape index (κ2) is 8.97. The quantitative estimate of drug-likeness (QED) is 0.782. The van der Waals surface area contributed by atoms with E-state index in [9.17, 15) is 13.2 Å². The van der Waals surface area contributed by atoms with Crippen molar-refractivity contribution in [2.75, 3.05) is 30.9 Å². The number of aryl methyl sites for hydroxylation is 1. The van der Waals surface area contributed by atoms with E-state index in [4.69, 9.17) is 0 Å². The molecule has 6 nitrogen and oxygen atoms in total. The molecule has 0 spiro atoms. The Balaban J connectivity index is 1.70. The highest BCUT2D eigenvalue weighted by molar-refractivity contribution is 7.89. The molecule has 1 heterocycles. The van der Waals surface area contributed by atoms with Crippen molar-refractivity contribution in [3.8, 4) is 0 Å². The number of sulfonamides is 1. The third kappa shape index (κ3) is 5.16. The predicted octanol–water partition coefficient (Wildman–Crippen LogP) is 3.63. The van der Waals surface area contributed by atoms with E-state index in [-0.39, 0.29) is 23.3 Å². The molecule has 0 unspecified atom stereocenters. The van der Waals surface area contributed by atoms with Gasteiger partial charge in [0.1, 0.15) is 0 Å². The number of carbonyl (C=O) groups excluding carboxylic acids is 1. The summed E-state index contributed by atoms with van der Waals surface area (Å²) < 4.78 is 27.8. The first-order valence-electron chi connectivity index (χ1n) is 9.93. The molecular formula is C22H29N3O3S. The molecule has 1 fully saturated rings. The molecule has 0 saturated carbocycles. The minimum absolute atomic E-state index is 0.153. The van der Waals surface area contributed by atoms with Gasteiger partial charge in [-0.1, -0.05) is 24.1 Å². The van der Waals surface area contributed by atoms with E-state index < -0.39 is 10.0 Å². The number of piperidine rings is 1. The summed E-state index contributed by atoms with van der Waals surface area (Å²) in [6.07, 6.45) is 2.59. The molecule has 29 heavy (non-hydrogen) atoms. The maximum Gasteiger partial charge on any atom is 0.243 e. The molecule has 3 rings (SSSR count). The van der Waals surface area contributed by atoms with Crippen LogP contribution in [-0.2, 0) is 14.8 Å². The molecule has 1 N–H and O–H groups in total. The first-order chi connectivity index (χ1) is 13.8. The molecule has 7 heteroatoms. The van der Waals surface area contributed by atoms with Gasteiger partial charge in [-0.2, -0.15) is 4.31 Å². The van der Waals surface area contributed by atoms with E-state index in [1.165, 1.54) is 4.31 Å². The molecule has 1 atom stereocenters. The number of anilines is 2. The van der Waals surface area contributed by atoms with E-state index >= 15 is 0 Å². The van der Waals surface area contributed by atoms with Gasteiger partial charge in [0.15, 0.2) is 0 Å². The summed E-state index contributed by atoms with van der Waals surface area (Å²) >= 11 is 0. The number of amides is 1. The fraction of sp³-hybridized carbons (Fsp3) is 0.409. The van der Waals surface area contributed by atoms with Crippen molar-refractivity contribution in [2.24, 2.45) is 0 Å². The number of hydrogen-bond donors (Lipinski definition) is 1. The third-order valence-corrected chi connectivity index (χ3v) is 7.26. The molecule has 0 bridgehead atoms. The Morgan fingerprint density at radius 2 is 1.72 bits per heavy atom. The highest BCUT2D eigenvalue weighted by Crippen LogP contribution is 2.27. The summed E-state index contributed by atoms with van der Waals surface area (Å²) in [6, 6.07) is 14.1. The van der Waals surface area contributed by atoms with Crippen LogP contribution in [0.2, 0.25) is 0 Å². The monoisotopic (exact) mass is 415 g/mol. The lowest BCUT2D eigenvalue weighted by Crippen LogP contribution is -2.45. The summed E-state index contributed by atoms with van der Waals surface area (Å²) in [4.78, 5) is 14.9. The van der Waals surface area contributed by atoms with Gasteiger partial charge in [-0.15, -0.1) is 0 Å². The molecule has 1 amide bonds. The zero-order chi connectivity index (χ0) is 21.0. The molecule has 0 aromatic heterocycles. The number of hydrogen-bond acceptors (Lipinski definition) is 4. The van der Waals surface area contributed by atoms with Gasteiger partial charge >= 0.3 is 0 Å². The van der Waals surface area contributed by atoms with Crippen LogP contribution in [0.5, 0.6) is 0 Å². The number of carbonyl (C=O) groups is 1. The zero-order valence-corrected chi connectivity index (χ0v) is 18.1. The summed E-state index contributed by atoms with van der Waals surface area (Å²) in [5.41, 5.74) is 2.77. The Kier molecular flexibility index (Phi) is 6.59. The highest BCUT2D eigenvalue weighted by Gasteiger charge is 2.34. The second-order valence-electron chi connectivity index (χ2n) is 7.77. The van der Waals surface area contributed by atoms with Gasteiger partial charge in [0.05, 0.1) is 4.90 Å². The van der Waals surface area contributed by atoms with Gasteiger partial charge in [-0.25, -0.2) is 8.42 Å². The van der Waals surface area contributed by atoms with Crippen molar-refractivity contribution in [3.05, 3.63) is 54.1 Å². The summed E-state index contributed by atoms with van der Waals surface area (Å²) in [5, 5.41) is 2.90. The van der Waals surface area contributed by atoms with Crippen molar-refractivity contribution in [1.82, 2.24) is 4.31 Å². The van der Waals surface area contributed by atoms with Crippen molar-refractivity contribution in [2.45, 2.75) is 43.5 Å². The lowest BCUT2D eigenvalue weighted by atomic mass is 10.0. The maximum atomic E-state index is 13.1. The molecule has 1 aliphatic heterocycles. The number of rotatable bonds is 6. The minimum atomic E-state index is -3.61. The van der Waals surface area contributed by atoms with Gasteiger partial charge in [0.2, 0.25) is 15.9 Å². The number of nitrogens with one attached hydrogen (secondary N) is 1. The molecule has 2 aromatic rings. The Morgan fingerprint density at radius 1 is 1.07 bits per heavy atom. The average molecular weight is 416 g/mol. The van der Waals surface area contributed by atoms with Crippen molar-refractivity contribution in [1.29, 1.82) is 0 Å². The summed E-state index contributed by atoms with van der Waals surface area (Å²) in [5.74, 6) is -0.168. The molecule has 1 saturated heterocycles. The topological polar surface area (TPSA) is 69.7 Å². The Labute approximate surface area is 173 Å². The second-order valence-corrected chi connectivity index (χ2v) is 9.66. The first kappa shape index (κ1) is 21.3. The molecule has 156 valence electrons. The lowest BCUT2D eigenvalue weighted by molar-refractivity contribution is -0.117. The predicted molar refractivity (Wildman–Crippen MR) is 117 cm³/mol. The standard InChI is InChI=1S/C22H29N3O3S/c1-17-7-13-21(14-8-17)29(27,28)25-15-5-4-6-20(25)16-22(26)23-18-9-11-19(12-10-18)24(2)3/h7-14,20H,4-6,15-16H2,1-3H3,(H,23,26)/t20-/m0/s1. The van der Waals surface area contributed by atoms with Crippen LogP contribution < -0.4 is 10.2 Å².